The molecule has 1 atom stereocenters. The van der Waals surface area contributed by atoms with E-state index in [4.69, 9.17) is 4.74 Å². The summed E-state index contributed by atoms with van der Waals surface area (Å²) in [6.07, 6.45) is 2.70. The molecule has 5 nitrogen and oxygen atoms in total. The zero-order valence-corrected chi connectivity index (χ0v) is 12.3. The van der Waals surface area contributed by atoms with Crippen molar-refractivity contribution in [2.24, 2.45) is 5.92 Å². The molecule has 110 valence electrons. The highest BCUT2D eigenvalue weighted by Crippen LogP contribution is 2.13. The molecule has 1 aliphatic heterocycles. The van der Waals surface area contributed by atoms with Crippen LogP contribution in [-0.4, -0.2) is 37.2 Å². The van der Waals surface area contributed by atoms with Gasteiger partial charge in [0, 0.05) is 31.7 Å². The predicted molar refractivity (Wildman–Crippen MR) is 78.6 cm³/mol. The highest BCUT2D eigenvalue weighted by molar-refractivity contribution is 5.78. The third-order valence-corrected chi connectivity index (χ3v) is 3.67. The Morgan fingerprint density at radius 3 is 2.80 bits per heavy atom. The van der Waals surface area contributed by atoms with E-state index in [-0.39, 0.29) is 11.8 Å². The maximum atomic E-state index is 11.7. The number of hydrogen-bond acceptors (Lipinski definition) is 4. The molecule has 0 bridgehead atoms. The largest absolute Gasteiger partial charge is 0.378 e. The van der Waals surface area contributed by atoms with Crippen molar-refractivity contribution in [1.82, 2.24) is 10.3 Å². The van der Waals surface area contributed by atoms with Gasteiger partial charge < -0.3 is 15.0 Å². The van der Waals surface area contributed by atoms with Crippen LogP contribution >= 0.6 is 0 Å². The van der Waals surface area contributed by atoms with E-state index in [1.807, 2.05) is 32.2 Å². The molecule has 1 aliphatic rings. The molecule has 1 fully saturated rings. The van der Waals surface area contributed by atoms with Crippen molar-refractivity contribution < 1.29 is 9.53 Å². The van der Waals surface area contributed by atoms with E-state index in [9.17, 15) is 4.79 Å². The molecule has 0 saturated carbocycles. The summed E-state index contributed by atoms with van der Waals surface area (Å²) in [5.41, 5.74) is 1.03. The van der Waals surface area contributed by atoms with E-state index in [2.05, 4.69) is 15.2 Å². The Labute approximate surface area is 120 Å². The van der Waals surface area contributed by atoms with Gasteiger partial charge in [-0.3, -0.25) is 4.79 Å². The molecule has 1 saturated heterocycles. The van der Waals surface area contributed by atoms with Crippen molar-refractivity contribution in [2.75, 3.05) is 31.2 Å². The Bertz CT molecular complexity index is 427. The average Bonchev–Trinajstić information content (AvgIpc) is 2.53. The van der Waals surface area contributed by atoms with Crippen LogP contribution < -0.4 is 10.2 Å². The van der Waals surface area contributed by atoms with Crippen molar-refractivity contribution in [3.63, 3.8) is 0 Å². The topological polar surface area (TPSA) is 54.5 Å². The number of nitrogens with one attached hydrogen (secondary N) is 1. The van der Waals surface area contributed by atoms with Crippen LogP contribution in [-0.2, 0) is 16.1 Å². The van der Waals surface area contributed by atoms with Gasteiger partial charge in [0.15, 0.2) is 0 Å². The average molecular weight is 277 g/mol. The van der Waals surface area contributed by atoms with Crippen molar-refractivity contribution in [3.8, 4) is 0 Å². The number of nitrogens with zero attached hydrogens (tertiary/aromatic N) is 2. The molecule has 2 heterocycles. The molecule has 5 heteroatoms. The number of aromatic nitrogens is 1. The Morgan fingerprint density at radius 1 is 1.45 bits per heavy atom. The minimum atomic E-state index is 0.0654. The molecule has 1 amide bonds. The first-order chi connectivity index (χ1) is 9.70. The summed E-state index contributed by atoms with van der Waals surface area (Å²) in [7, 11) is 0. The van der Waals surface area contributed by atoms with Gasteiger partial charge in [-0.1, -0.05) is 19.9 Å². The summed E-state index contributed by atoms with van der Waals surface area (Å²) in [5.74, 6) is 1.14. The van der Waals surface area contributed by atoms with Crippen molar-refractivity contribution in [1.29, 1.82) is 0 Å². The number of pyridine rings is 1. The summed E-state index contributed by atoms with van der Waals surface area (Å²) in [4.78, 5) is 18.4. The second kappa shape index (κ2) is 7.24. The number of anilines is 1. The number of carbonyl (C=O) groups excluding carboxylic acids is 1. The van der Waals surface area contributed by atoms with Crippen LogP contribution in [0.15, 0.2) is 18.3 Å². The molecule has 2 rings (SSSR count). The smallest absolute Gasteiger partial charge is 0.223 e. The van der Waals surface area contributed by atoms with Gasteiger partial charge in [0.05, 0.1) is 13.2 Å². The zero-order valence-electron chi connectivity index (χ0n) is 12.3. The highest BCUT2D eigenvalue weighted by atomic mass is 16.5. The number of hydrogen-bond donors (Lipinski definition) is 1. The predicted octanol–water partition coefficient (Wildman–Crippen LogP) is 1.58. The molecule has 1 aromatic rings. The molecule has 1 aromatic heterocycles. The first kappa shape index (κ1) is 14.8. The minimum absolute atomic E-state index is 0.0654. The summed E-state index contributed by atoms with van der Waals surface area (Å²) in [6, 6.07) is 4.03. The fourth-order valence-electron chi connectivity index (χ4n) is 2.05. The summed E-state index contributed by atoms with van der Waals surface area (Å²) >= 11 is 0. The molecule has 20 heavy (non-hydrogen) atoms. The quantitative estimate of drug-likeness (QED) is 0.888. The fraction of sp³-hybridized carbons (Fsp3) is 0.600. The van der Waals surface area contributed by atoms with Crippen LogP contribution in [0.2, 0.25) is 0 Å². The van der Waals surface area contributed by atoms with Crippen LogP contribution in [0.3, 0.4) is 0 Å². The number of morpholine rings is 1. The molecule has 0 radical (unpaired) electrons. The van der Waals surface area contributed by atoms with Crippen molar-refractivity contribution in [2.45, 2.75) is 26.8 Å². The van der Waals surface area contributed by atoms with Gasteiger partial charge in [-0.2, -0.15) is 0 Å². The van der Waals surface area contributed by atoms with Gasteiger partial charge in [-0.05, 0) is 18.1 Å². The standard InChI is InChI=1S/C15H23N3O2/c1-3-12(2)15(19)17-11-13-4-5-14(16-10-13)18-6-8-20-9-7-18/h4-5,10,12H,3,6-9,11H2,1-2H3,(H,17,19)/t12-/m1/s1. The number of carbonyl (C=O) groups is 1. The lowest BCUT2D eigenvalue weighted by molar-refractivity contribution is -0.124. The SMILES string of the molecule is CC[C@@H](C)C(=O)NCc1ccc(N2CCOCC2)nc1. The van der Waals surface area contributed by atoms with Crippen LogP contribution in [0.5, 0.6) is 0 Å². The van der Waals surface area contributed by atoms with Gasteiger partial charge in [-0.15, -0.1) is 0 Å². The van der Waals surface area contributed by atoms with Crippen LogP contribution in [0.25, 0.3) is 0 Å². The van der Waals surface area contributed by atoms with Gasteiger partial charge in [0.1, 0.15) is 5.82 Å². The van der Waals surface area contributed by atoms with Crippen LogP contribution in [0.4, 0.5) is 5.82 Å². The van der Waals surface area contributed by atoms with E-state index in [0.29, 0.717) is 6.54 Å². The Morgan fingerprint density at radius 2 is 2.20 bits per heavy atom. The third-order valence-electron chi connectivity index (χ3n) is 3.67. The molecule has 1 N–H and O–H groups in total. The second-order valence-electron chi connectivity index (χ2n) is 5.15. The normalized spacial score (nSPS) is 16.8. The number of amides is 1. The first-order valence-corrected chi connectivity index (χ1v) is 7.26. The maximum absolute atomic E-state index is 11.7. The van der Waals surface area contributed by atoms with Gasteiger partial charge in [0.25, 0.3) is 0 Å². The molecular formula is C15H23N3O2. The summed E-state index contributed by atoms with van der Waals surface area (Å²) < 4.78 is 5.33. The van der Waals surface area contributed by atoms with Crippen LogP contribution in [0, 0.1) is 5.92 Å². The van der Waals surface area contributed by atoms with E-state index in [1.165, 1.54) is 0 Å². The fourth-order valence-corrected chi connectivity index (χ4v) is 2.05. The monoisotopic (exact) mass is 277 g/mol. The molecule has 0 aliphatic carbocycles. The van der Waals surface area contributed by atoms with Crippen molar-refractivity contribution >= 4 is 11.7 Å². The Kier molecular flexibility index (Phi) is 5.35. The van der Waals surface area contributed by atoms with E-state index in [1.54, 1.807) is 0 Å². The van der Waals surface area contributed by atoms with Gasteiger partial charge in [-0.25, -0.2) is 4.98 Å². The first-order valence-electron chi connectivity index (χ1n) is 7.26. The molecule has 0 spiro atoms. The zero-order chi connectivity index (χ0) is 14.4. The Balaban J connectivity index is 1.86. The summed E-state index contributed by atoms with van der Waals surface area (Å²) in [5, 5.41) is 2.94. The molecule has 0 unspecified atom stereocenters. The Hall–Kier alpha value is -1.62. The van der Waals surface area contributed by atoms with E-state index in [0.717, 1.165) is 44.1 Å². The van der Waals surface area contributed by atoms with Crippen LogP contribution in [0.1, 0.15) is 25.8 Å². The number of ether oxygens (including phenoxy) is 1. The number of rotatable bonds is 5. The third kappa shape index (κ3) is 3.93. The second-order valence-corrected chi connectivity index (χ2v) is 5.15. The lowest BCUT2D eigenvalue weighted by Gasteiger charge is -2.27. The summed E-state index contributed by atoms with van der Waals surface area (Å²) in [6.45, 7) is 7.79. The van der Waals surface area contributed by atoms with Gasteiger partial charge in [0.2, 0.25) is 5.91 Å². The van der Waals surface area contributed by atoms with E-state index < -0.39 is 0 Å². The van der Waals surface area contributed by atoms with Gasteiger partial charge >= 0.3 is 0 Å². The van der Waals surface area contributed by atoms with Crippen molar-refractivity contribution in [3.05, 3.63) is 23.9 Å². The molecular weight excluding hydrogens is 254 g/mol. The minimum Gasteiger partial charge on any atom is -0.378 e. The maximum Gasteiger partial charge on any atom is 0.223 e. The lowest BCUT2D eigenvalue weighted by Crippen LogP contribution is -2.36. The van der Waals surface area contributed by atoms with E-state index >= 15 is 0 Å². The highest BCUT2D eigenvalue weighted by Gasteiger charge is 2.12. The molecule has 0 aromatic carbocycles. The lowest BCUT2D eigenvalue weighted by atomic mass is 10.1.